The number of amides is 3. The van der Waals surface area contributed by atoms with E-state index in [1.54, 1.807) is 0 Å². The minimum atomic E-state index is -1.41. The first kappa shape index (κ1) is 22.1. The van der Waals surface area contributed by atoms with E-state index in [9.17, 15) is 24.3 Å². The van der Waals surface area contributed by atoms with Crippen molar-refractivity contribution < 1.29 is 34.5 Å². The second-order valence-corrected chi connectivity index (χ2v) is 5.21. The first-order chi connectivity index (χ1) is 11.2. The van der Waals surface area contributed by atoms with Gasteiger partial charge in [0, 0.05) is 5.75 Å². The molecule has 0 aromatic heterocycles. The van der Waals surface area contributed by atoms with Crippen LogP contribution in [0.2, 0.25) is 0 Å². The number of aliphatic carboxylic acids is 1. The highest BCUT2D eigenvalue weighted by molar-refractivity contribution is 7.80. The SMILES string of the molecule is CC(NC(=O)C(CO)NC(=O)C(CS)NC(=O)C(N)CO)C(=O)O. The molecule has 11 nitrogen and oxygen atoms in total. The van der Waals surface area contributed by atoms with Crippen LogP contribution in [-0.4, -0.2) is 82.1 Å². The molecule has 0 spiro atoms. The summed E-state index contributed by atoms with van der Waals surface area (Å²) in [7, 11) is 0. The van der Waals surface area contributed by atoms with Gasteiger partial charge in [-0.25, -0.2) is 0 Å². The van der Waals surface area contributed by atoms with Crippen molar-refractivity contribution in [3.63, 3.8) is 0 Å². The molecule has 0 saturated carbocycles. The number of thiol groups is 1. The monoisotopic (exact) mass is 366 g/mol. The van der Waals surface area contributed by atoms with Crippen LogP contribution in [0, 0.1) is 0 Å². The third-order valence-corrected chi connectivity index (χ3v) is 3.26. The van der Waals surface area contributed by atoms with E-state index in [1.165, 1.54) is 6.92 Å². The van der Waals surface area contributed by atoms with E-state index in [2.05, 4.69) is 28.6 Å². The van der Waals surface area contributed by atoms with E-state index >= 15 is 0 Å². The fraction of sp³-hybridized carbons (Fsp3) is 0.667. The van der Waals surface area contributed by atoms with Crippen molar-refractivity contribution in [3.05, 3.63) is 0 Å². The number of hydrogen-bond donors (Lipinski definition) is 8. The largest absolute Gasteiger partial charge is 0.480 e. The average Bonchev–Trinajstić information content (AvgIpc) is 2.55. The summed E-state index contributed by atoms with van der Waals surface area (Å²) in [5.41, 5.74) is 5.30. The highest BCUT2D eigenvalue weighted by Crippen LogP contribution is 1.94. The fourth-order valence-corrected chi connectivity index (χ4v) is 1.66. The molecule has 0 bridgehead atoms. The van der Waals surface area contributed by atoms with E-state index in [4.69, 9.17) is 15.9 Å². The van der Waals surface area contributed by atoms with Crippen molar-refractivity contribution in [2.45, 2.75) is 31.1 Å². The minimum Gasteiger partial charge on any atom is -0.480 e. The summed E-state index contributed by atoms with van der Waals surface area (Å²) in [6.07, 6.45) is 0. The average molecular weight is 366 g/mol. The fourth-order valence-electron chi connectivity index (χ4n) is 1.40. The predicted octanol–water partition coefficient (Wildman–Crippen LogP) is -4.21. The summed E-state index contributed by atoms with van der Waals surface area (Å²) < 4.78 is 0. The molecule has 0 fully saturated rings. The maximum absolute atomic E-state index is 12.0. The maximum Gasteiger partial charge on any atom is 0.325 e. The van der Waals surface area contributed by atoms with Crippen molar-refractivity contribution in [1.82, 2.24) is 16.0 Å². The summed E-state index contributed by atoms with van der Waals surface area (Å²) in [6.45, 7) is -0.196. The molecule has 12 heteroatoms. The van der Waals surface area contributed by atoms with Crippen LogP contribution in [0.5, 0.6) is 0 Å². The Balaban J connectivity index is 4.79. The van der Waals surface area contributed by atoms with Crippen molar-refractivity contribution in [3.8, 4) is 0 Å². The van der Waals surface area contributed by atoms with Gasteiger partial charge in [0.25, 0.3) is 0 Å². The maximum atomic E-state index is 12.0. The molecule has 0 aliphatic heterocycles. The van der Waals surface area contributed by atoms with E-state index in [1.807, 2.05) is 0 Å². The van der Waals surface area contributed by atoms with Crippen molar-refractivity contribution in [2.75, 3.05) is 19.0 Å². The second-order valence-electron chi connectivity index (χ2n) is 4.85. The topological polar surface area (TPSA) is 191 Å². The van der Waals surface area contributed by atoms with Crippen LogP contribution in [0.25, 0.3) is 0 Å². The Labute approximate surface area is 143 Å². The lowest BCUT2D eigenvalue weighted by Gasteiger charge is -2.22. The van der Waals surface area contributed by atoms with Crippen LogP contribution in [0.3, 0.4) is 0 Å². The van der Waals surface area contributed by atoms with Crippen molar-refractivity contribution in [1.29, 1.82) is 0 Å². The zero-order valence-corrected chi connectivity index (χ0v) is 13.8. The molecule has 138 valence electrons. The van der Waals surface area contributed by atoms with Gasteiger partial charge >= 0.3 is 5.97 Å². The summed E-state index contributed by atoms with van der Waals surface area (Å²) in [5, 5.41) is 33.1. The quantitative estimate of drug-likeness (QED) is 0.178. The number of carboxylic acid groups (broad SMARTS) is 1. The number of nitrogens with one attached hydrogen (secondary N) is 3. The molecular weight excluding hydrogens is 344 g/mol. The van der Waals surface area contributed by atoms with Gasteiger partial charge in [-0.05, 0) is 6.92 Å². The Morgan fingerprint density at radius 3 is 1.88 bits per heavy atom. The number of carbonyl (C=O) groups excluding carboxylic acids is 3. The lowest BCUT2D eigenvalue weighted by Crippen LogP contribution is -2.58. The van der Waals surface area contributed by atoms with Crippen molar-refractivity contribution in [2.24, 2.45) is 5.73 Å². The first-order valence-corrected chi connectivity index (χ1v) is 7.53. The Hall–Kier alpha value is -1.89. The number of aliphatic hydroxyl groups is 2. The van der Waals surface area contributed by atoms with Gasteiger partial charge in [0.05, 0.1) is 13.2 Å². The molecule has 0 aromatic rings. The summed E-state index contributed by atoms with van der Waals surface area (Å²) in [4.78, 5) is 46.1. The van der Waals surface area contributed by atoms with Gasteiger partial charge in [-0.3, -0.25) is 19.2 Å². The summed E-state index contributed by atoms with van der Waals surface area (Å²) in [6, 6.07) is -5.03. The number of carboxylic acids is 1. The van der Waals surface area contributed by atoms with Crippen molar-refractivity contribution >= 4 is 36.3 Å². The molecule has 0 saturated heterocycles. The standard InChI is InChI=1S/C12H22N4O7S/c1-5(12(22)23)14-10(20)7(3-18)15-11(21)8(4-24)16-9(19)6(13)2-17/h5-8,17-18,24H,2-4,13H2,1H3,(H,14,20)(H,15,21)(H,16,19)(H,22,23). The van der Waals surface area contributed by atoms with Crippen LogP contribution in [0.1, 0.15) is 6.92 Å². The lowest BCUT2D eigenvalue weighted by atomic mass is 10.2. The van der Waals surface area contributed by atoms with E-state index in [0.717, 1.165) is 0 Å². The number of rotatable bonds is 10. The highest BCUT2D eigenvalue weighted by atomic mass is 32.1. The van der Waals surface area contributed by atoms with Gasteiger partial charge in [-0.1, -0.05) is 0 Å². The van der Waals surface area contributed by atoms with Crippen LogP contribution in [0.15, 0.2) is 0 Å². The number of aliphatic hydroxyl groups excluding tert-OH is 2. The molecule has 3 amide bonds. The smallest absolute Gasteiger partial charge is 0.325 e. The zero-order chi connectivity index (χ0) is 18.9. The molecule has 24 heavy (non-hydrogen) atoms. The number of nitrogens with two attached hydrogens (primary N) is 1. The van der Waals surface area contributed by atoms with E-state index in [0.29, 0.717) is 0 Å². The molecule has 0 rings (SSSR count). The van der Waals surface area contributed by atoms with Gasteiger partial charge in [-0.2, -0.15) is 12.6 Å². The molecule has 0 heterocycles. The van der Waals surface area contributed by atoms with Gasteiger partial charge < -0.3 is 37.0 Å². The van der Waals surface area contributed by atoms with Crippen LogP contribution in [0.4, 0.5) is 0 Å². The Morgan fingerprint density at radius 2 is 1.46 bits per heavy atom. The van der Waals surface area contributed by atoms with Gasteiger partial charge in [0.1, 0.15) is 24.2 Å². The third kappa shape index (κ3) is 7.12. The van der Waals surface area contributed by atoms with E-state index in [-0.39, 0.29) is 5.75 Å². The Morgan fingerprint density at radius 1 is 0.958 bits per heavy atom. The normalized spacial score (nSPS) is 15.5. The zero-order valence-electron chi connectivity index (χ0n) is 12.9. The highest BCUT2D eigenvalue weighted by Gasteiger charge is 2.28. The first-order valence-electron chi connectivity index (χ1n) is 6.89. The molecule has 8 N–H and O–H groups in total. The number of carbonyl (C=O) groups is 4. The summed E-state index contributed by atoms with van der Waals surface area (Å²) >= 11 is 3.89. The van der Waals surface area contributed by atoms with Crippen LogP contribution < -0.4 is 21.7 Å². The minimum absolute atomic E-state index is 0.138. The van der Waals surface area contributed by atoms with Gasteiger partial charge in [-0.15, -0.1) is 0 Å². The van der Waals surface area contributed by atoms with E-state index < -0.39 is 61.1 Å². The predicted molar refractivity (Wildman–Crippen MR) is 85.1 cm³/mol. The molecule has 0 aliphatic carbocycles. The molecular formula is C12H22N4O7S. The van der Waals surface area contributed by atoms with Crippen LogP contribution >= 0.6 is 12.6 Å². The second kappa shape index (κ2) is 10.8. The summed E-state index contributed by atoms with van der Waals surface area (Å²) in [5.74, 6) is -3.96. The van der Waals surface area contributed by atoms with Crippen LogP contribution in [-0.2, 0) is 19.2 Å². The molecule has 0 aliphatic rings. The molecule has 4 atom stereocenters. The third-order valence-electron chi connectivity index (χ3n) is 2.89. The lowest BCUT2D eigenvalue weighted by molar-refractivity contribution is -0.142. The van der Waals surface area contributed by atoms with Gasteiger partial charge in [0.2, 0.25) is 17.7 Å². The molecule has 0 radical (unpaired) electrons. The molecule has 4 unspecified atom stereocenters. The Bertz CT molecular complexity index is 476. The molecule has 0 aromatic carbocycles. The number of hydrogen-bond acceptors (Lipinski definition) is 8. The Kier molecular flexibility index (Phi) is 9.95. The van der Waals surface area contributed by atoms with Gasteiger partial charge in [0.15, 0.2) is 0 Å².